The van der Waals surface area contributed by atoms with E-state index in [0.29, 0.717) is 26.2 Å². The Kier molecular flexibility index (Phi) is 3.87. The van der Waals surface area contributed by atoms with Gasteiger partial charge in [0.2, 0.25) is 17.7 Å². The minimum atomic E-state index is -0.377. The molecule has 0 bridgehead atoms. The van der Waals surface area contributed by atoms with Crippen LogP contribution >= 0.6 is 0 Å². The first kappa shape index (κ1) is 14.4. The fraction of sp³-hybridized carbons (Fsp3) is 0.800. The Morgan fingerprint density at radius 1 is 1.00 bits per heavy atom. The van der Waals surface area contributed by atoms with Crippen molar-refractivity contribution < 1.29 is 14.4 Å². The smallest absolute Gasteiger partial charge is 0.242 e. The third-order valence-corrected chi connectivity index (χ3v) is 4.86. The predicted molar refractivity (Wildman–Crippen MR) is 76.2 cm³/mol. The molecule has 2 heterocycles. The highest BCUT2D eigenvalue weighted by atomic mass is 16.2. The summed E-state index contributed by atoms with van der Waals surface area (Å²) in [6.45, 7) is 4.26. The lowest BCUT2D eigenvalue weighted by atomic mass is 9.94. The highest BCUT2D eigenvalue weighted by molar-refractivity contribution is 5.89. The molecule has 0 radical (unpaired) electrons. The van der Waals surface area contributed by atoms with Gasteiger partial charge in [0, 0.05) is 38.0 Å². The number of amides is 3. The highest BCUT2D eigenvalue weighted by Crippen LogP contribution is 2.32. The average molecular weight is 293 g/mol. The van der Waals surface area contributed by atoms with Crippen LogP contribution in [0, 0.1) is 11.8 Å². The van der Waals surface area contributed by atoms with Gasteiger partial charge >= 0.3 is 0 Å². The van der Waals surface area contributed by atoms with Gasteiger partial charge in [-0.1, -0.05) is 0 Å². The van der Waals surface area contributed by atoms with E-state index in [4.69, 9.17) is 0 Å². The second-order valence-electron chi connectivity index (χ2n) is 6.37. The summed E-state index contributed by atoms with van der Waals surface area (Å²) in [5.74, 6) is 0.489. The van der Waals surface area contributed by atoms with E-state index >= 15 is 0 Å². The molecule has 3 fully saturated rings. The summed E-state index contributed by atoms with van der Waals surface area (Å²) in [6, 6.07) is -0.377. The number of piperidine rings is 1. The van der Waals surface area contributed by atoms with Crippen LogP contribution in [0.5, 0.6) is 0 Å². The Morgan fingerprint density at radius 3 is 2.24 bits per heavy atom. The summed E-state index contributed by atoms with van der Waals surface area (Å²) in [5.41, 5.74) is 0. The quantitative estimate of drug-likeness (QED) is 0.778. The van der Waals surface area contributed by atoms with Crippen LogP contribution in [0.2, 0.25) is 0 Å². The maximum Gasteiger partial charge on any atom is 0.242 e. The van der Waals surface area contributed by atoms with Crippen LogP contribution in [-0.2, 0) is 14.4 Å². The zero-order chi connectivity index (χ0) is 15.0. The fourth-order valence-corrected chi connectivity index (χ4v) is 3.25. The number of carbonyl (C=O) groups is 3. The maximum atomic E-state index is 12.6. The van der Waals surface area contributed by atoms with Crippen LogP contribution in [0.1, 0.15) is 32.6 Å². The van der Waals surface area contributed by atoms with Crippen molar-refractivity contribution in [1.29, 1.82) is 0 Å². The molecule has 3 aliphatic rings. The first-order valence-electron chi connectivity index (χ1n) is 7.95. The van der Waals surface area contributed by atoms with Crippen LogP contribution < -0.4 is 5.32 Å². The molecule has 0 aromatic carbocycles. The van der Waals surface area contributed by atoms with E-state index in [1.165, 1.54) is 0 Å². The van der Waals surface area contributed by atoms with Crippen LogP contribution in [-0.4, -0.2) is 59.7 Å². The van der Waals surface area contributed by atoms with Crippen molar-refractivity contribution in [3.63, 3.8) is 0 Å². The van der Waals surface area contributed by atoms with Gasteiger partial charge in [-0.15, -0.1) is 0 Å². The largest absolute Gasteiger partial charge is 0.353 e. The summed E-state index contributed by atoms with van der Waals surface area (Å²) >= 11 is 0. The Bertz CT molecular complexity index is 453. The third kappa shape index (κ3) is 2.89. The number of hydrogen-bond acceptors (Lipinski definition) is 3. The lowest BCUT2D eigenvalue weighted by molar-refractivity contribution is -0.148. The number of hydrogen-bond donors (Lipinski definition) is 1. The summed E-state index contributed by atoms with van der Waals surface area (Å²) in [7, 11) is 0. The average Bonchev–Trinajstić information content (AvgIpc) is 3.33. The van der Waals surface area contributed by atoms with Gasteiger partial charge in [0.05, 0.1) is 0 Å². The molecule has 6 nitrogen and oxygen atoms in total. The molecular formula is C15H23N3O3. The van der Waals surface area contributed by atoms with Crippen molar-refractivity contribution in [2.45, 2.75) is 38.6 Å². The summed E-state index contributed by atoms with van der Waals surface area (Å²) in [6.07, 6.45) is 3.50. The highest BCUT2D eigenvalue weighted by Gasteiger charge is 2.38. The topological polar surface area (TPSA) is 69.7 Å². The number of nitrogens with zero attached hydrogens (tertiary/aromatic N) is 2. The molecule has 21 heavy (non-hydrogen) atoms. The van der Waals surface area contributed by atoms with Crippen LogP contribution in [0.3, 0.4) is 0 Å². The van der Waals surface area contributed by atoms with E-state index in [-0.39, 0.29) is 35.6 Å². The molecule has 1 N–H and O–H groups in total. The van der Waals surface area contributed by atoms with Crippen molar-refractivity contribution in [2.24, 2.45) is 11.8 Å². The Balaban J connectivity index is 1.54. The molecule has 2 saturated heterocycles. The SMILES string of the molecule is CC1C(=O)NCCN1C(=O)C1CCN(C(=O)C2CC2)CC1. The molecule has 116 valence electrons. The first-order valence-corrected chi connectivity index (χ1v) is 7.95. The molecule has 1 atom stereocenters. The number of nitrogens with one attached hydrogen (secondary N) is 1. The van der Waals surface area contributed by atoms with Gasteiger partial charge in [-0.3, -0.25) is 14.4 Å². The van der Waals surface area contributed by atoms with Gasteiger partial charge < -0.3 is 15.1 Å². The second-order valence-corrected chi connectivity index (χ2v) is 6.37. The van der Waals surface area contributed by atoms with Crippen LogP contribution in [0.4, 0.5) is 0 Å². The molecule has 3 rings (SSSR count). The molecule has 1 saturated carbocycles. The molecule has 0 aromatic rings. The maximum absolute atomic E-state index is 12.6. The monoisotopic (exact) mass is 293 g/mol. The molecule has 2 aliphatic heterocycles. The van der Waals surface area contributed by atoms with Crippen molar-refractivity contribution in [2.75, 3.05) is 26.2 Å². The standard InChI is InChI=1S/C15H23N3O3/c1-10-13(19)16-6-9-18(10)15(21)12-4-7-17(8-5-12)14(20)11-2-3-11/h10-12H,2-9H2,1H3,(H,16,19). The molecule has 3 amide bonds. The van der Waals surface area contributed by atoms with Gasteiger partial charge in [-0.2, -0.15) is 0 Å². The zero-order valence-electron chi connectivity index (χ0n) is 12.5. The fourth-order valence-electron chi connectivity index (χ4n) is 3.25. The van der Waals surface area contributed by atoms with E-state index in [9.17, 15) is 14.4 Å². The van der Waals surface area contributed by atoms with Crippen molar-refractivity contribution in [3.05, 3.63) is 0 Å². The summed E-state index contributed by atoms with van der Waals surface area (Å²) < 4.78 is 0. The Morgan fingerprint density at radius 2 is 1.62 bits per heavy atom. The number of carbonyl (C=O) groups excluding carboxylic acids is 3. The lowest BCUT2D eigenvalue weighted by Gasteiger charge is -2.38. The zero-order valence-corrected chi connectivity index (χ0v) is 12.5. The second kappa shape index (κ2) is 5.66. The van der Waals surface area contributed by atoms with E-state index < -0.39 is 0 Å². The van der Waals surface area contributed by atoms with Crippen LogP contribution in [0.25, 0.3) is 0 Å². The van der Waals surface area contributed by atoms with Gasteiger partial charge in [0.15, 0.2) is 0 Å². The van der Waals surface area contributed by atoms with E-state index in [1.807, 2.05) is 4.90 Å². The van der Waals surface area contributed by atoms with E-state index in [0.717, 1.165) is 25.7 Å². The van der Waals surface area contributed by atoms with Crippen molar-refractivity contribution in [3.8, 4) is 0 Å². The molecule has 0 aromatic heterocycles. The Hall–Kier alpha value is -1.59. The van der Waals surface area contributed by atoms with Gasteiger partial charge in [-0.25, -0.2) is 0 Å². The third-order valence-electron chi connectivity index (χ3n) is 4.86. The molecule has 0 spiro atoms. The van der Waals surface area contributed by atoms with Crippen molar-refractivity contribution in [1.82, 2.24) is 15.1 Å². The summed E-state index contributed by atoms with van der Waals surface area (Å²) in [4.78, 5) is 39.8. The number of rotatable bonds is 2. The predicted octanol–water partition coefficient (Wildman–Crippen LogP) is -0.0181. The van der Waals surface area contributed by atoms with Gasteiger partial charge in [0.1, 0.15) is 6.04 Å². The lowest BCUT2D eigenvalue weighted by Crippen LogP contribution is -2.57. The molecule has 1 aliphatic carbocycles. The number of likely N-dealkylation sites (tertiary alicyclic amines) is 1. The van der Waals surface area contributed by atoms with E-state index in [1.54, 1.807) is 11.8 Å². The first-order chi connectivity index (χ1) is 10.1. The molecule has 6 heteroatoms. The minimum absolute atomic E-state index is 0.0402. The van der Waals surface area contributed by atoms with E-state index in [2.05, 4.69) is 5.32 Å². The van der Waals surface area contributed by atoms with Crippen molar-refractivity contribution >= 4 is 17.7 Å². The summed E-state index contributed by atoms with van der Waals surface area (Å²) in [5, 5.41) is 2.78. The number of piperazine rings is 1. The molecule has 1 unspecified atom stereocenters. The normalized spacial score (nSPS) is 27.5. The molecular weight excluding hydrogens is 270 g/mol. The van der Waals surface area contributed by atoms with Crippen LogP contribution in [0.15, 0.2) is 0 Å². The minimum Gasteiger partial charge on any atom is -0.353 e. The van der Waals surface area contributed by atoms with Gasteiger partial charge in [-0.05, 0) is 32.6 Å². The van der Waals surface area contributed by atoms with Gasteiger partial charge in [0.25, 0.3) is 0 Å². The Labute approximate surface area is 124 Å².